The van der Waals surface area contributed by atoms with Gasteiger partial charge in [-0.2, -0.15) is 5.10 Å². The summed E-state index contributed by atoms with van der Waals surface area (Å²) in [7, 11) is 0. The Morgan fingerprint density at radius 1 is 1.14 bits per heavy atom. The van der Waals surface area contributed by atoms with Crippen LogP contribution >= 0.6 is 23.2 Å². The second-order valence-corrected chi connectivity index (χ2v) is 11.9. The first kappa shape index (κ1) is 31.8. The highest BCUT2D eigenvalue weighted by atomic mass is 35.5. The molecular weight excluding hydrogens is 603 g/mol. The highest BCUT2D eigenvalue weighted by molar-refractivity contribution is 6.32. The SMILES string of the molecule is C[C@H]1COCCN1CCCn1nc(-c2ccc(Cl)c(C#Cc3ccc(Cl)c(CNCC(=O)O)c3)c2)c2c1CCN(C(N)=O)C2. The molecule has 1 atom stereocenters. The average molecular weight is 640 g/mol. The number of halogens is 2. The number of carbonyl (C=O) groups excluding carboxylic acids is 1. The summed E-state index contributed by atoms with van der Waals surface area (Å²) in [6.45, 7) is 7.47. The number of nitrogens with one attached hydrogen (secondary N) is 1. The van der Waals surface area contributed by atoms with E-state index < -0.39 is 12.0 Å². The number of aliphatic carboxylic acids is 1. The Balaban J connectivity index is 1.40. The quantitative estimate of drug-likeness (QED) is 0.303. The molecule has 1 saturated heterocycles. The number of urea groups is 1. The molecule has 12 heteroatoms. The average Bonchev–Trinajstić information content (AvgIpc) is 3.36. The van der Waals surface area contributed by atoms with E-state index in [0.717, 1.165) is 72.9 Å². The molecule has 2 aromatic carbocycles. The fourth-order valence-electron chi connectivity index (χ4n) is 5.61. The van der Waals surface area contributed by atoms with Gasteiger partial charge in [0.2, 0.25) is 0 Å². The van der Waals surface area contributed by atoms with Crippen LogP contribution in [0.3, 0.4) is 0 Å². The number of carboxylic acid groups (broad SMARTS) is 1. The molecule has 1 aromatic heterocycles. The zero-order chi connectivity index (χ0) is 31.2. The van der Waals surface area contributed by atoms with Crippen LogP contribution < -0.4 is 11.1 Å². The summed E-state index contributed by atoms with van der Waals surface area (Å²) in [6, 6.07) is 11.0. The predicted molar refractivity (Wildman–Crippen MR) is 170 cm³/mol. The van der Waals surface area contributed by atoms with E-state index in [1.165, 1.54) is 0 Å². The van der Waals surface area contributed by atoms with Gasteiger partial charge in [-0.15, -0.1) is 0 Å². The second-order valence-electron chi connectivity index (χ2n) is 11.1. The largest absolute Gasteiger partial charge is 0.480 e. The number of hydrogen-bond acceptors (Lipinski definition) is 6. The summed E-state index contributed by atoms with van der Waals surface area (Å²) in [6.07, 6.45) is 1.63. The first-order chi connectivity index (χ1) is 21.2. The van der Waals surface area contributed by atoms with Crippen LogP contribution in [0.1, 0.15) is 41.3 Å². The Morgan fingerprint density at radius 2 is 1.95 bits per heavy atom. The number of benzene rings is 2. The van der Waals surface area contributed by atoms with Crippen molar-refractivity contribution in [3.05, 3.63) is 74.4 Å². The number of hydrogen-bond donors (Lipinski definition) is 3. The van der Waals surface area contributed by atoms with Crippen molar-refractivity contribution < 1.29 is 19.4 Å². The van der Waals surface area contributed by atoms with E-state index in [0.29, 0.717) is 47.7 Å². The van der Waals surface area contributed by atoms with Crippen molar-refractivity contribution in [1.29, 1.82) is 0 Å². The zero-order valence-electron chi connectivity index (χ0n) is 24.6. The molecule has 0 bridgehead atoms. The molecule has 2 aliphatic rings. The van der Waals surface area contributed by atoms with Gasteiger partial charge in [0.25, 0.3) is 0 Å². The maximum absolute atomic E-state index is 12.1. The highest BCUT2D eigenvalue weighted by Gasteiger charge is 2.27. The van der Waals surface area contributed by atoms with Crippen LogP contribution in [-0.4, -0.2) is 82.1 Å². The fourth-order valence-corrected chi connectivity index (χ4v) is 5.96. The smallest absolute Gasteiger partial charge is 0.317 e. The van der Waals surface area contributed by atoms with Crippen LogP contribution in [0.25, 0.3) is 11.3 Å². The van der Waals surface area contributed by atoms with Crippen molar-refractivity contribution in [3.63, 3.8) is 0 Å². The predicted octanol–water partition coefficient (Wildman–Crippen LogP) is 3.98. The number of nitrogens with two attached hydrogens (primary N) is 1. The number of carbonyl (C=O) groups is 2. The molecule has 3 heterocycles. The molecule has 5 rings (SSSR count). The number of ether oxygens (including phenoxy) is 1. The van der Waals surface area contributed by atoms with Crippen LogP contribution in [0.2, 0.25) is 10.0 Å². The molecule has 0 aliphatic carbocycles. The number of aromatic nitrogens is 2. The fraction of sp³-hybridized carbons (Fsp3) is 0.406. The van der Waals surface area contributed by atoms with Crippen LogP contribution in [0.4, 0.5) is 4.79 Å². The minimum atomic E-state index is -0.942. The van der Waals surface area contributed by atoms with Gasteiger partial charge in [-0.25, -0.2) is 4.79 Å². The zero-order valence-corrected chi connectivity index (χ0v) is 26.1. The Morgan fingerprint density at radius 3 is 2.73 bits per heavy atom. The molecule has 232 valence electrons. The number of carboxylic acids is 1. The number of fused-ring (bicyclic) bond motifs is 1. The molecule has 1 fully saturated rings. The maximum atomic E-state index is 12.1. The number of primary amides is 1. The van der Waals surface area contributed by atoms with Gasteiger partial charge in [-0.3, -0.25) is 14.4 Å². The molecule has 10 nitrogen and oxygen atoms in total. The monoisotopic (exact) mass is 638 g/mol. The van der Waals surface area contributed by atoms with Crippen LogP contribution in [-0.2, 0) is 35.6 Å². The maximum Gasteiger partial charge on any atom is 0.317 e. The van der Waals surface area contributed by atoms with E-state index in [1.807, 2.05) is 30.3 Å². The molecule has 2 amide bonds. The van der Waals surface area contributed by atoms with E-state index in [2.05, 4.69) is 33.7 Å². The van der Waals surface area contributed by atoms with Crippen LogP contribution in [0, 0.1) is 11.8 Å². The summed E-state index contributed by atoms with van der Waals surface area (Å²) in [4.78, 5) is 27.0. The Bertz CT molecular complexity index is 1600. The number of nitrogens with zero attached hydrogens (tertiary/aromatic N) is 4. The topological polar surface area (TPSA) is 126 Å². The van der Waals surface area contributed by atoms with Crippen molar-refractivity contribution in [3.8, 4) is 23.1 Å². The van der Waals surface area contributed by atoms with Gasteiger partial charge in [0, 0.05) is 78.2 Å². The molecule has 3 aromatic rings. The summed E-state index contributed by atoms with van der Waals surface area (Å²) in [5.41, 5.74) is 11.5. The molecule has 2 aliphatic heterocycles. The minimum Gasteiger partial charge on any atom is -0.480 e. The van der Waals surface area contributed by atoms with Gasteiger partial charge < -0.3 is 25.8 Å². The summed E-state index contributed by atoms with van der Waals surface area (Å²) in [5, 5.41) is 17.8. The van der Waals surface area contributed by atoms with Gasteiger partial charge in [0.1, 0.15) is 0 Å². The number of amides is 2. The van der Waals surface area contributed by atoms with Crippen molar-refractivity contribution in [2.75, 3.05) is 39.4 Å². The Kier molecular flexibility index (Phi) is 10.5. The summed E-state index contributed by atoms with van der Waals surface area (Å²) >= 11 is 12.9. The lowest BCUT2D eigenvalue weighted by Crippen LogP contribution is -2.44. The lowest BCUT2D eigenvalue weighted by atomic mass is 9.99. The number of rotatable bonds is 9. The molecule has 0 spiro atoms. The van der Waals surface area contributed by atoms with Gasteiger partial charge in [0.05, 0.1) is 37.0 Å². The lowest BCUT2D eigenvalue weighted by Gasteiger charge is -2.33. The Hall–Kier alpha value is -3.59. The number of morpholine rings is 1. The molecular formula is C32H36Cl2N6O4. The lowest BCUT2D eigenvalue weighted by molar-refractivity contribution is -0.136. The molecule has 0 unspecified atom stereocenters. The first-order valence-corrected chi connectivity index (χ1v) is 15.4. The van der Waals surface area contributed by atoms with E-state index in [-0.39, 0.29) is 6.54 Å². The van der Waals surface area contributed by atoms with Crippen molar-refractivity contribution >= 4 is 35.2 Å². The summed E-state index contributed by atoms with van der Waals surface area (Å²) in [5.74, 6) is 5.39. The van der Waals surface area contributed by atoms with Crippen molar-refractivity contribution in [1.82, 2.24) is 24.9 Å². The molecule has 44 heavy (non-hydrogen) atoms. The summed E-state index contributed by atoms with van der Waals surface area (Å²) < 4.78 is 7.66. The third-order valence-electron chi connectivity index (χ3n) is 7.98. The van der Waals surface area contributed by atoms with E-state index in [1.54, 1.807) is 11.0 Å². The van der Waals surface area contributed by atoms with E-state index >= 15 is 0 Å². The van der Waals surface area contributed by atoms with Gasteiger partial charge in [-0.1, -0.05) is 41.1 Å². The second kappa shape index (κ2) is 14.5. The van der Waals surface area contributed by atoms with E-state index in [9.17, 15) is 9.59 Å². The van der Waals surface area contributed by atoms with Crippen molar-refractivity contribution in [2.24, 2.45) is 5.73 Å². The molecule has 0 radical (unpaired) electrons. The van der Waals surface area contributed by atoms with Gasteiger partial charge in [-0.05, 0) is 49.2 Å². The van der Waals surface area contributed by atoms with Gasteiger partial charge >= 0.3 is 12.0 Å². The van der Waals surface area contributed by atoms with Crippen molar-refractivity contribution in [2.45, 2.75) is 45.4 Å². The number of aryl methyl sites for hydroxylation is 1. The molecule has 0 saturated carbocycles. The van der Waals surface area contributed by atoms with Crippen LogP contribution in [0.5, 0.6) is 0 Å². The third kappa shape index (κ3) is 7.73. The Labute approximate surface area is 267 Å². The van der Waals surface area contributed by atoms with E-state index in [4.69, 9.17) is 43.9 Å². The van der Waals surface area contributed by atoms with Gasteiger partial charge in [0.15, 0.2) is 0 Å². The third-order valence-corrected chi connectivity index (χ3v) is 8.68. The highest BCUT2D eigenvalue weighted by Crippen LogP contribution is 2.32. The normalized spacial score (nSPS) is 16.7. The minimum absolute atomic E-state index is 0.168. The first-order valence-electron chi connectivity index (χ1n) is 14.7. The molecule has 4 N–H and O–H groups in total. The van der Waals surface area contributed by atoms with Crippen LogP contribution in [0.15, 0.2) is 36.4 Å². The standard InChI is InChI=1S/C32H36Cl2N6O4/c1-21-20-44-14-13-38(21)10-2-11-40-29-9-12-39(32(35)43)19-26(29)31(37-40)24-6-8-27(33)23(16-24)5-3-22-4-7-28(34)25(15-22)17-36-18-30(41)42/h4,6-8,15-16,21,36H,2,9-14,17-20H2,1H3,(H2,35,43)(H,41,42)/t21-/m0/s1.